The molecule has 2 rings (SSSR count). The molecule has 94 valence electrons. The molecular weight excluding hydrogens is 288 g/mol. The molecule has 0 aliphatic rings. The molecular formula is C15H17BrN2. The molecule has 0 aliphatic carbocycles. The van der Waals surface area contributed by atoms with Crippen LogP contribution in [0.3, 0.4) is 0 Å². The van der Waals surface area contributed by atoms with Gasteiger partial charge in [-0.3, -0.25) is 4.98 Å². The summed E-state index contributed by atoms with van der Waals surface area (Å²) in [5.41, 5.74) is 3.79. The van der Waals surface area contributed by atoms with Crippen LogP contribution < -0.4 is 5.32 Å². The molecule has 0 spiro atoms. The van der Waals surface area contributed by atoms with Gasteiger partial charge in [0.15, 0.2) is 0 Å². The fraction of sp³-hybridized carbons (Fsp3) is 0.267. The van der Waals surface area contributed by atoms with Crippen molar-refractivity contribution in [2.24, 2.45) is 0 Å². The van der Waals surface area contributed by atoms with Crippen molar-refractivity contribution in [2.75, 3.05) is 0 Å². The van der Waals surface area contributed by atoms with Gasteiger partial charge in [0.25, 0.3) is 0 Å². The topological polar surface area (TPSA) is 24.9 Å². The number of nitrogens with zero attached hydrogens (tertiary/aromatic N) is 1. The standard InChI is InChI=1S/C15H17BrN2/c1-11-3-5-14(6-4-11)12(2)18-9-13-7-15(16)10-17-8-13/h3-8,10,12,18H,9H2,1-2H3/t12-/m1/s1. The van der Waals surface area contributed by atoms with Crippen molar-refractivity contribution < 1.29 is 0 Å². The highest BCUT2D eigenvalue weighted by atomic mass is 79.9. The van der Waals surface area contributed by atoms with Gasteiger partial charge >= 0.3 is 0 Å². The Morgan fingerprint density at radius 3 is 2.61 bits per heavy atom. The van der Waals surface area contributed by atoms with E-state index in [9.17, 15) is 0 Å². The molecule has 0 aliphatic heterocycles. The zero-order valence-electron chi connectivity index (χ0n) is 10.7. The smallest absolute Gasteiger partial charge is 0.0410 e. The molecule has 2 nitrogen and oxygen atoms in total. The van der Waals surface area contributed by atoms with Gasteiger partial charge in [0.05, 0.1) is 0 Å². The maximum atomic E-state index is 4.16. The molecule has 18 heavy (non-hydrogen) atoms. The van der Waals surface area contributed by atoms with E-state index >= 15 is 0 Å². The second-order valence-corrected chi connectivity index (χ2v) is 5.44. The van der Waals surface area contributed by atoms with Gasteiger partial charge in [0, 0.05) is 29.5 Å². The second kappa shape index (κ2) is 6.12. The first-order chi connectivity index (χ1) is 8.65. The van der Waals surface area contributed by atoms with E-state index in [0.29, 0.717) is 6.04 Å². The molecule has 3 heteroatoms. The van der Waals surface area contributed by atoms with E-state index in [-0.39, 0.29) is 0 Å². The number of rotatable bonds is 4. The van der Waals surface area contributed by atoms with Crippen LogP contribution in [0.25, 0.3) is 0 Å². The van der Waals surface area contributed by atoms with E-state index in [1.165, 1.54) is 16.7 Å². The molecule has 1 N–H and O–H groups in total. The molecule has 0 bridgehead atoms. The maximum absolute atomic E-state index is 4.16. The van der Waals surface area contributed by atoms with Crippen molar-refractivity contribution in [3.05, 3.63) is 63.9 Å². The summed E-state index contributed by atoms with van der Waals surface area (Å²) in [6, 6.07) is 11.1. The molecule has 0 fully saturated rings. The molecule has 0 saturated heterocycles. The van der Waals surface area contributed by atoms with Crippen LogP contribution in [0.2, 0.25) is 0 Å². The normalized spacial score (nSPS) is 12.4. The summed E-state index contributed by atoms with van der Waals surface area (Å²) in [7, 11) is 0. The molecule has 2 aromatic rings. The summed E-state index contributed by atoms with van der Waals surface area (Å²) in [6.45, 7) is 5.10. The average molecular weight is 305 g/mol. The maximum Gasteiger partial charge on any atom is 0.0410 e. The number of aromatic nitrogens is 1. The van der Waals surface area contributed by atoms with Crippen LogP contribution in [0, 0.1) is 6.92 Å². The summed E-state index contributed by atoms with van der Waals surface area (Å²) in [5.74, 6) is 0. The predicted octanol–water partition coefficient (Wildman–Crippen LogP) is 4.00. The van der Waals surface area contributed by atoms with Crippen molar-refractivity contribution >= 4 is 15.9 Å². The van der Waals surface area contributed by atoms with Crippen LogP contribution in [0.1, 0.15) is 29.7 Å². The number of hydrogen-bond acceptors (Lipinski definition) is 2. The third-order valence-corrected chi connectivity index (χ3v) is 3.38. The minimum absolute atomic E-state index is 0.338. The average Bonchev–Trinajstić information content (AvgIpc) is 2.37. The summed E-state index contributed by atoms with van der Waals surface area (Å²) in [5, 5.41) is 3.50. The zero-order chi connectivity index (χ0) is 13.0. The summed E-state index contributed by atoms with van der Waals surface area (Å²) >= 11 is 3.43. The van der Waals surface area contributed by atoms with Crippen LogP contribution in [-0.2, 0) is 6.54 Å². The Balaban J connectivity index is 1.96. The van der Waals surface area contributed by atoms with E-state index in [1.807, 2.05) is 6.20 Å². The van der Waals surface area contributed by atoms with Crippen molar-refractivity contribution in [1.29, 1.82) is 0 Å². The monoisotopic (exact) mass is 304 g/mol. The Kier molecular flexibility index (Phi) is 4.50. The lowest BCUT2D eigenvalue weighted by Crippen LogP contribution is -2.18. The SMILES string of the molecule is Cc1ccc([C@@H](C)NCc2cncc(Br)c2)cc1. The third-order valence-electron chi connectivity index (χ3n) is 2.95. The number of pyridine rings is 1. The Bertz CT molecular complexity index is 508. The molecule has 1 aromatic heterocycles. The molecule has 1 heterocycles. The Hall–Kier alpha value is -1.19. The van der Waals surface area contributed by atoms with Crippen molar-refractivity contribution in [3.8, 4) is 0 Å². The van der Waals surface area contributed by atoms with Gasteiger partial charge in [0.2, 0.25) is 0 Å². The highest BCUT2D eigenvalue weighted by Crippen LogP contribution is 2.15. The lowest BCUT2D eigenvalue weighted by Gasteiger charge is -2.14. The van der Waals surface area contributed by atoms with Crippen LogP contribution in [0.4, 0.5) is 0 Å². The Labute approximate surface area is 117 Å². The number of aryl methyl sites for hydroxylation is 1. The van der Waals surface area contributed by atoms with Gasteiger partial charge in [-0.1, -0.05) is 29.8 Å². The highest BCUT2D eigenvalue weighted by molar-refractivity contribution is 9.10. The zero-order valence-corrected chi connectivity index (χ0v) is 12.2. The third kappa shape index (κ3) is 3.65. The summed E-state index contributed by atoms with van der Waals surface area (Å²) in [4.78, 5) is 4.16. The van der Waals surface area contributed by atoms with Gasteiger partial charge in [-0.2, -0.15) is 0 Å². The second-order valence-electron chi connectivity index (χ2n) is 4.52. The molecule has 1 atom stereocenters. The minimum Gasteiger partial charge on any atom is -0.306 e. The van der Waals surface area contributed by atoms with Gasteiger partial charge in [0.1, 0.15) is 0 Å². The van der Waals surface area contributed by atoms with Crippen LogP contribution in [-0.4, -0.2) is 4.98 Å². The van der Waals surface area contributed by atoms with E-state index in [4.69, 9.17) is 0 Å². The van der Waals surface area contributed by atoms with Gasteiger partial charge < -0.3 is 5.32 Å². The minimum atomic E-state index is 0.338. The van der Waals surface area contributed by atoms with Gasteiger partial charge in [-0.15, -0.1) is 0 Å². The van der Waals surface area contributed by atoms with Crippen LogP contribution in [0.5, 0.6) is 0 Å². The van der Waals surface area contributed by atoms with E-state index in [2.05, 4.69) is 70.4 Å². The molecule has 0 saturated carbocycles. The fourth-order valence-corrected chi connectivity index (χ4v) is 2.21. The number of benzene rings is 1. The quantitative estimate of drug-likeness (QED) is 0.923. The largest absolute Gasteiger partial charge is 0.306 e. The molecule has 0 radical (unpaired) electrons. The number of hydrogen-bond donors (Lipinski definition) is 1. The van der Waals surface area contributed by atoms with Crippen molar-refractivity contribution in [2.45, 2.75) is 26.4 Å². The van der Waals surface area contributed by atoms with Crippen molar-refractivity contribution in [3.63, 3.8) is 0 Å². The molecule has 0 amide bonds. The molecule has 0 unspecified atom stereocenters. The molecule has 1 aromatic carbocycles. The first-order valence-corrected chi connectivity index (χ1v) is 6.84. The van der Waals surface area contributed by atoms with Gasteiger partial charge in [-0.25, -0.2) is 0 Å². The Morgan fingerprint density at radius 2 is 1.94 bits per heavy atom. The van der Waals surface area contributed by atoms with Crippen LogP contribution >= 0.6 is 15.9 Å². The summed E-state index contributed by atoms with van der Waals surface area (Å²) in [6.07, 6.45) is 3.69. The first kappa shape index (κ1) is 13.2. The first-order valence-electron chi connectivity index (χ1n) is 6.04. The van der Waals surface area contributed by atoms with Crippen molar-refractivity contribution in [1.82, 2.24) is 10.3 Å². The predicted molar refractivity (Wildman–Crippen MR) is 78.4 cm³/mol. The number of nitrogens with one attached hydrogen (secondary N) is 1. The lowest BCUT2D eigenvalue weighted by atomic mass is 10.1. The van der Waals surface area contributed by atoms with Crippen LogP contribution in [0.15, 0.2) is 47.2 Å². The lowest BCUT2D eigenvalue weighted by molar-refractivity contribution is 0.573. The Morgan fingerprint density at radius 1 is 1.22 bits per heavy atom. The fourth-order valence-electron chi connectivity index (χ4n) is 1.80. The number of halogens is 1. The van der Waals surface area contributed by atoms with E-state index in [1.54, 1.807) is 6.20 Å². The highest BCUT2D eigenvalue weighted by Gasteiger charge is 2.04. The summed E-state index contributed by atoms with van der Waals surface area (Å²) < 4.78 is 1.02. The van der Waals surface area contributed by atoms with Gasteiger partial charge in [-0.05, 0) is 47.0 Å². The van der Waals surface area contributed by atoms with E-state index < -0.39 is 0 Å². The van der Waals surface area contributed by atoms with E-state index in [0.717, 1.165) is 11.0 Å².